The van der Waals surface area contributed by atoms with Crippen LogP contribution in [0.2, 0.25) is 5.02 Å². The number of hydrogen-bond acceptors (Lipinski definition) is 2. The SMILES string of the molecule is O=C(O)[C@H]1CCN(C(=O)CCCc2ccc(Cl)cc2)C1. The van der Waals surface area contributed by atoms with E-state index in [1.807, 2.05) is 24.3 Å². The van der Waals surface area contributed by atoms with Crippen molar-refractivity contribution in [3.63, 3.8) is 0 Å². The predicted octanol–water partition coefficient (Wildman–Crippen LogP) is 2.60. The van der Waals surface area contributed by atoms with Crippen LogP contribution in [0.4, 0.5) is 0 Å². The summed E-state index contributed by atoms with van der Waals surface area (Å²) in [5.41, 5.74) is 1.16. The first-order valence-corrected chi connectivity index (χ1v) is 7.19. The predicted molar refractivity (Wildman–Crippen MR) is 76.7 cm³/mol. The van der Waals surface area contributed by atoms with Gasteiger partial charge in [-0.05, 0) is 37.0 Å². The van der Waals surface area contributed by atoms with Gasteiger partial charge in [-0.25, -0.2) is 0 Å². The van der Waals surface area contributed by atoms with Gasteiger partial charge >= 0.3 is 5.97 Å². The monoisotopic (exact) mass is 295 g/mol. The van der Waals surface area contributed by atoms with E-state index in [1.165, 1.54) is 0 Å². The standard InChI is InChI=1S/C15H18ClNO3/c16-13-6-4-11(5-7-13)2-1-3-14(18)17-9-8-12(10-17)15(19)20/h4-7,12H,1-3,8-10H2,(H,19,20)/t12-/m0/s1. The van der Waals surface area contributed by atoms with Gasteiger partial charge in [0.1, 0.15) is 0 Å². The number of rotatable bonds is 5. The van der Waals surface area contributed by atoms with Gasteiger partial charge in [-0.15, -0.1) is 0 Å². The van der Waals surface area contributed by atoms with Crippen LogP contribution >= 0.6 is 11.6 Å². The lowest BCUT2D eigenvalue weighted by atomic mass is 10.1. The van der Waals surface area contributed by atoms with E-state index in [0.29, 0.717) is 31.0 Å². The Bertz CT molecular complexity index is 486. The Kier molecular flexibility index (Phi) is 5.01. The average molecular weight is 296 g/mol. The Balaban J connectivity index is 1.73. The van der Waals surface area contributed by atoms with Gasteiger partial charge in [-0.1, -0.05) is 23.7 Å². The summed E-state index contributed by atoms with van der Waals surface area (Å²) in [5.74, 6) is -1.14. The summed E-state index contributed by atoms with van der Waals surface area (Å²) >= 11 is 5.81. The topological polar surface area (TPSA) is 57.6 Å². The molecule has 0 aliphatic carbocycles. The summed E-state index contributed by atoms with van der Waals surface area (Å²) in [6.07, 6.45) is 2.64. The lowest BCUT2D eigenvalue weighted by Crippen LogP contribution is -2.29. The van der Waals surface area contributed by atoms with Crippen molar-refractivity contribution in [2.75, 3.05) is 13.1 Å². The van der Waals surface area contributed by atoms with Crippen molar-refractivity contribution in [2.24, 2.45) is 5.92 Å². The molecule has 5 heteroatoms. The number of amides is 1. The zero-order chi connectivity index (χ0) is 14.5. The molecule has 4 nitrogen and oxygen atoms in total. The fraction of sp³-hybridized carbons (Fsp3) is 0.467. The maximum Gasteiger partial charge on any atom is 0.308 e. The fourth-order valence-electron chi connectivity index (χ4n) is 2.44. The molecule has 1 fully saturated rings. The first-order valence-electron chi connectivity index (χ1n) is 6.81. The van der Waals surface area contributed by atoms with Crippen LogP contribution in [0, 0.1) is 5.92 Å². The number of aryl methyl sites for hydroxylation is 1. The Morgan fingerprint density at radius 2 is 2.00 bits per heavy atom. The number of carboxylic acid groups (broad SMARTS) is 1. The highest BCUT2D eigenvalue weighted by Gasteiger charge is 2.30. The van der Waals surface area contributed by atoms with Crippen LogP contribution in [0.15, 0.2) is 24.3 Å². The van der Waals surface area contributed by atoms with E-state index in [-0.39, 0.29) is 5.91 Å². The van der Waals surface area contributed by atoms with Crippen LogP contribution in [-0.4, -0.2) is 35.0 Å². The van der Waals surface area contributed by atoms with Gasteiger partial charge in [0.15, 0.2) is 0 Å². The third-order valence-electron chi connectivity index (χ3n) is 3.66. The molecule has 1 aliphatic rings. The van der Waals surface area contributed by atoms with Crippen LogP contribution in [0.3, 0.4) is 0 Å². The molecule has 0 bridgehead atoms. The van der Waals surface area contributed by atoms with E-state index in [9.17, 15) is 9.59 Å². The number of aliphatic carboxylic acids is 1. The number of benzene rings is 1. The van der Waals surface area contributed by atoms with E-state index in [1.54, 1.807) is 4.90 Å². The molecule has 108 valence electrons. The summed E-state index contributed by atoms with van der Waals surface area (Å²) in [4.78, 5) is 24.5. The minimum atomic E-state index is -0.804. The van der Waals surface area contributed by atoms with E-state index >= 15 is 0 Å². The van der Waals surface area contributed by atoms with E-state index in [0.717, 1.165) is 18.4 Å². The van der Waals surface area contributed by atoms with E-state index < -0.39 is 11.9 Å². The van der Waals surface area contributed by atoms with Crippen molar-refractivity contribution >= 4 is 23.5 Å². The van der Waals surface area contributed by atoms with Gasteiger partial charge < -0.3 is 10.0 Å². The molecule has 1 atom stereocenters. The minimum Gasteiger partial charge on any atom is -0.481 e. The molecular weight excluding hydrogens is 278 g/mol. The van der Waals surface area contributed by atoms with Crippen LogP contribution in [-0.2, 0) is 16.0 Å². The Morgan fingerprint density at radius 1 is 1.30 bits per heavy atom. The smallest absolute Gasteiger partial charge is 0.308 e. The van der Waals surface area contributed by atoms with Gasteiger partial charge in [0.2, 0.25) is 5.91 Å². The number of halogens is 1. The zero-order valence-corrected chi connectivity index (χ0v) is 12.0. The van der Waals surface area contributed by atoms with Gasteiger partial charge in [0, 0.05) is 24.5 Å². The highest BCUT2D eigenvalue weighted by Crippen LogP contribution is 2.18. The molecule has 20 heavy (non-hydrogen) atoms. The van der Waals surface area contributed by atoms with Crippen LogP contribution in [0.1, 0.15) is 24.8 Å². The summed E-state index contributed by atoms with van der Waals surface area (Å²) in [6.45, 7) is 0.922. The average Bonchev–Trinajstić information content (AvgIpc) is 2.91. The molecule has 0 unspecified atom stereocenters. The number of carbonyl (C=O) groups is 2. The molecule has 0 spiro atoms. The second kappa shape index (κ2) is 6.75. The van der Waals surface area contributed by atoms with Crippen molar-refractivity contribution in [3.05, 3.63) is 34.9 Å². The normalized spacial score (nSPS) is 18.2. The van der Waals surface area contributed by atoms with Gasteiger partial charge in [-0.3, -0.25) is 9.59 Å². The number of nitrogens with zero attached hydrogens (tertiary/aromatic N) is 1. The molecule has 0 aromatic heterocycles. The fourth-order valence-corrected chi connectivity index (χ4v) is 2.57. The maximum atomic E-state index is 12.0. The lowest BCUT2D eigenvalue weighted by molar-refractivity contribution is -0.141. The summed E-state index contributed by atoms with van der Waals surface area (Å²) < 4.78 is 0. The molecule has 1 heterocycles. The van der Waals surface area contributed by atoms with Crippen LogP contribution < -0.4 is 0 Å². The summed E-state index contributed by atoms with van der Waals surface area (Å²) in [6, 6.07) is 7.61. The van der Waals surface area contributed by atoms with Crippen molar-refractivity contribution < 1.29 is 14.7 Å². The van der Waals surface area contributed by atoms with Crippen LogP contribution in [0.5, 0.6) is 0 Å². The molecule has 1 aromatic carbocycles. The zero-order valence-electron chi connectivity index (χ0n) is 11.2. The first-order chi connectivity index (χ1) is 9.56. The lowest BCUT2D eigenvalue weighted by Gasteiger charge is -2.15. The second-order valence-electron chi connectivity index (χ2n) is 5.14. The highest BCUT2D eigenvalue weighted by molar-refractivity contribution is 6.30. The van der Waals surface area contributed by atoms with Crippen molar-refractivity contribution in [1.29, 1.82) is 0 Å². The number of carbonyl (C=O) groups excluding carboxylic acids is 1. The highest BCUT2D eigenvalue weighted by atomic mass is 35.5. The quantitative estimate of drug-likeness (QED) is 0.908. The number of likely N-dealkylation sites (tertiary alicyclic amines) is 1. The van der Waals surface area contributed by atoms with Crippen LogP contribution in [0.25, 0.3) is 0 Å². The Labute approximate surface area is 123 Å². The molecule has 1 aromatic rings. The van der Waals surface area contributed by atoms with Gasteiger partial charge in [0.05, 0.1) is 5.92 Å². The van der Waals surface area contributed by atoms with E-state index in [4.69, 9.17) is 16.7 Å². The number of carboxylic acids is 1. The molecule has 1 amide bonds. The molecule has 0 radical (unpaired) electrons. The molecule has 2 rings (SSSR count). The Hall–Kier alpha value is -1.55. The molecule has 1 saturated heterocycles. The largest absolute Gasteiger partial charge is 0.481 e. The van der Waals surface area contributed by atoms with Crippen molar-refractivity contribution in [2.45, 2.75) is 25.7 Å². The summed E-state index contributed by atoms with van der Waals surface area (Å²) in [7, 11) is 0. The third-order valence-corrected chi connectivity index (χ3v) is 3.91. The molecule has 0 saturated carbocycles. The Morgan fingerprint density at radius 3 is 2.60 bits per heavy atom. The summed E-state index contributed by atoms with van der Waals surface area (Å²) in [5, 5.41) is 9.62. The minimum absolute atomic E-state index is 0.0581. The molecular formula is C15H18ClNO3. The van der Waals surface area contributed by atoms with Gasteiger partial charge in [0.25, 0.3) is 0 Å². The van der Waals surface area contributed by atoms with E-state index in [2.05, 4.69) is 0 Å². The maximum absolute atomic E-state index is 12.0. The van der Waals surface area contributed by atoms with Crippen molar-refractivity contribution in [3.8, 4) is 0 Å². The third kappa shape index (κ3) is 3.97. The number of hydrogen-bond donors (Lipinski definition) is 1. The molecule has 1 aliphatic heterocycles. The van der Waals surface area contributed by atoms with Crippen molar-refractivity contribution in [1.82, 2.24) is 4.90 Å². The first kappa shape index (κ1) is 14.9. The van der Waals surface area contributed by atoms with Gasteiger partial charge in [-0.2, -0.15) is 0 Å². The molecule has 1 N–H and O–H groups in total. The second-order valence-corrected chi connectivity index (χ2v) is 5.58.